The highest BCUT2D eigenvalue weighted by Crippen LogP contribution is 2.12. The van der Waals surface area contributed by atoms with E-state index < -0.39 is 6.16 Å². The van der Waals surface area contributed by atoms with Crippen LogP contribution in [0.2, 0.25) is 0 Å². The number of rotatable bonds is 22. The van der Waals surface area contributed by atoms with Gasteiger partial charge in [-0.05, 0) is 12.8 Å². The predicted molar refractivity (Wildman–Crippen MR) is 136 cm³/mol. The summed E-state index contributed by atoms with van der Waals surface area (Å²) in [5.74, 6) is 0. The standard InChI is InChI=1S/C24H50O.C4H6O3/c1-3-5-7-9-11-13-15-17-19-21-23-25-24-22-20-18-16-14-12-10-8-6-4-2;5-4-6-2-1-3-7-4/h3-24H2,1-2H3;1-3H2. The summed E-state index contributed by atoms with van der Waals surface area (Å²) in [6.45, 7) is 7.59. The molecule has 192 valence electrons. The average molecular weight is 457 g/mol. The normalized spacial score (nSPS) is 13.2. The summed E-state index contributed by atoms with van der Waals surface area (Å²) in [6, 6.07) is 0. The van der Waals surface area contributed by atoms with Crippen LogP contribution in [0, 0.1) is 0 Å². The van der Waals surface area contributed by atoms with E-state index in [1.807, 2.05) is 0 Å². The molecule has 0 spiro atoms. The monoisotopic (exact) mass is 456 g/mol. The van der Waals surface area contributed by atoms with Gasteiger partial charge >= 0.3 is 6.16 Å². The quantitative estimate of drug-likeness (QED) is 0.120. The van der Waals surface area contributed by atoms with Crippen molar-refractivity contribution in [3.63, 3.8) is 0 Å². The second kappa shape index (κ2) is 28.3. The molecule has 0 radical (unpaired) electrons. The number of cyclic esters (lactones) is 2. The average Bonchev–Trinajstić information content (AvgIpc) is 2.81. The number of ether oxygens (including phenoxy) is 3. The topological polar surface area (TPSA) is 44.8 Å². The van der Waals surface area contributed by atoms with Gasteiger partial charge in [0.05, 0.1) is 13.2 Å². The minimum Gasteiger partial charge on any atom is -0.434 e. The fraction of sp³-hybridized carbons (Fsp3) is 0.964. The zero-order valence-corrected chi connectivity index (χ0v) is 21.8. The molecule has 1 aliphatic heterocycles. The van der Waals surface area contributed by atoms with Crippen molar-refractivity contribution in [2.24, 2.45) is 0 Å². The summed E-state index contributed by atoms with van der Waals surface area (Å²) in [5.41, 5.74) is 0. The lowest BCUT2D eigenvalue weighted by molar-refractivity contribution is 0.0192. The van der Waals surface area contributed by atoms with Crippen LogP contribution < -0.4 is 0 Å². The lowest BCUT2D eigenvalue weighted by Gasteiger charge is -2.09. The molecule has 0 aromatic carbocycles. The molecule has 1 fully saturated rings. The van der Waals surface area contributed by atoms with Crippen LogP contribution in [0.15, 0.2) is 0 Å². The number of carbonyl (C=O) groups is 1. The molecular weight excluding hydrogens is 400 g/mol. The summed E-state index contributed by atoms with van der Waals surface area (Å²) in [6.07, 6.45) is 28.4. The predicted octanol–water partition coefficient (Wildman–Crippen LogP) is 9.39. The summed E-state index contributed by atoms with van der Waals surface area (Å²) >= 11 is 0. The van der Waals surface area contributed by atoms with E-state index in [-0.39, 0.29) is 0 Å². The van der Waals surface area contributed by atoms with Gasteiger partial charge in [0.2, 0.25) is 0 Å². The van der Waals surface area contributed by atoms with Crippen LogP contribution in [-0.2, 0) is 14.2 Å². The van der Waals surface area contributed by atoms with Crippen LogP contribution in [0.25, 0.3) is 0 Å². The van der Waals surface area contributed by atoms with Gasteiger partial charge in [0, 0.05) is 19.6 Å². The maximum Gasteiger partial charge on any atom is 0.508 e. The van der Waals surface area contributed by atoms with E-state index in [0.29, 0.717) is 13.2 Å². The second-order valence-electron chi connectivity index (χ2n) is 9.28. The fourth-order valence-electron chi connectivity index (χ4n) is 3.90. The highest BCUT2D eigenvalue weighted by molar-refractivity contribution is 5.60. The summed E-state index contributed by atoms with van der Waals surface area (Å²) in [5, 5.41) is 0. The summed E-state index contributed by atoms with van der Waals surface area (Å²) in [7, 11) is 0. The molecule has 0 saturated carbocycles. The molecule has 0 aromatic heterocycles. The highest BCUT2D eigenvalue weighted by Gasteiger charge is 2.07. The molecular formula is C28H56O4. The zero-order valence-electron chi connectivity index (χ0n) is 21.8. The first kappa shape index (κ1) is 31.2. The third-order valence-corrected chi connectivity index (χ3v) is 6.01. The number of hydrogen-bond acceptors (Lipinski definition) is 4. The second-order valence-corrected chi connectivity index (χ2v) is 9.28. The number of unbranched alkanes of at least 4 members (excludes halogenated alkanes) is 18. The van der Waals surface area contributed by atoms with E-state index in [1.54, 1.807) is 0 Å². The minimum atomic E-state index is -0.536. The number of hydrogen-bond donors (Lipinski definition) is 0. The van der Waals surface area contributed by atoms with Crippen LogP contribution in [-0.4, -0.2) is 32.6 Å². The molecule has 1 saturated heterocycles. The zero-order chi connectivity index (χ0) is 23.4. The van der Waals surface area contributed by atoms with Gasteiger partial charge in [-0.25, -0.2) is 4.79 Å². The van der Waals surface area contributed by atoms with Crippen LogP contribution in [0.5, 0.6) is 0 Å². The van der Waals surface area contributed by atoms with Gasteiger partial charge in [-0.1, -0.05) is 129 Å². The van der Waals surface area contributed by atoms with Crippen LogP contribution in [0.1, 0.15) is 149 Å². The molecule has 1 heterocycles. The third kappa shape index (κ3) is 27.3. The Hall–Kier alpha value is -0.770. The van der Waals surface area contributed by atoms with Crippen LogP contribution >= 0.6 is 0 Å². The highest BCUT2D eigenvalue weighted by atomic mass is 16.7. The molecule has 0 amide bonds. The van der Waals surface area contributed by atoms with E-state index in [1.165, 1.54) is 128 Å². The van der Waals surface area contributed by atoms with Gasteiger partial charge in [0.15, 0.2) is 0 Å². The van der Waals surface area contributed by atoms with Crippen molar-refractivity contribution >= 4 is 6.16 Å². The molecule has 32 heavy (non-hydrogen) atoms. The molecule has 0 atom stereocenters. The minimum absolute atomic E-state index is 0.513. The van der Waals surface area contributed by atoms with Crippen LogP contribution in [0.4, 0.5) is 4.79 Å². The van der Waals surface area contributed by atoms with Crippen molar-refractivity contribution in [2.75, 3.05) is 26.4 Å². The Morgan fingerprint density at radius 3 is 1.12 bits per heavy atom. The first-order chi connectivity index (χ1) is 15.8. The van der Waals surface area contributed by atoms with Crippen molar-refractivity contribution < 1.29 is 19.0 Å². The number of carbonyl (C=O) groups excluding carboxylic acids is 1. The summed E-state index contributed by atoms with van der Waals surface area (Å²) in [4.78, 5) is 10.0. The van der Waals surface area contributed by atoms with E-state index in [2.05, 4.69) is 23.3 Å². The van der Waals surface area contributed by atoms with Crippen molar-refractivity contribution in [1.82, 2.24) is 0 Å². The Morgan fingerprint density at radius 1 is 0.531 bits per heavy atom. The molecule has 4 nitrogen and oxygen atoms in total. The van der Waals surface area contributed by atoms with E-state index in [0.717, 1.165) is 19.6 Å². The molecule has 1 aliphatic rings. The van der Waals surface area contributed by atoms with Crippen molar-refractivity contribution in [3.8, 4) is 0 Å². The Kier molecular flexibility index (Phi) is 27.6. The first-order valence-corrected chi connectivity index (χ1v) is 14.2. The Morgan fingerprint density at radius 2 is 0.844 bits per heavy atom. The first-order valence-electron chi connectivity index (χ1n) is 14.2. The van der Waals surface area contributed by atoms with Gasteiger partial charge in [-0.2, -0.15) is 0 Å². The van der Waals surface area contributed by atoms with Crippen molar-refractivity contribution in [2.45, 2.75) is 149 Å². The maximum atomic E-state index is 10.0. The smallest absolute Gasteiger partial charge is 0.434 e. The van der Waals surface area contributed by atoms with Crippen LogP contribution in [0.3, 0.4) is 0 Å². The third-order valence-electron chi connectivity index (χ3n) is 6.01. The van der Waals surface area contributed by atoms with Gasteiger partial charge in [-0.3, -0.25) is 0 Å². The lowest BCUT2D eigenvalue weighted by Crippen LogP contribution is -2.16. The molecule has 0 unspecified atom stereocenters. The molecule has 0 aromatic rings. The Balaban J connectivity index is 0.00000115. The van der Waals surface area contributed by atoms with Crippen molar-refractivity contribution in [3.05, 3.63) is 0 Å². The molecule has 4 heteroatoms. The Bertz CT molecular complexity index is 329. The van der Waals surface area contributed by atoms with Gasteiger partial charge in [-0.15, -0.1) is 0 Å². The lowest BCUT2D eigenvalue weighted by atomic mass is 10.1. The summed E-state index contributed by atoms with van der Waals surface area (Å²) < 4.78 is 14.6. The van der Waals surface area contributed by atoms with Gasteiger partial charge < -0.3 is 14.2 Å². The molecule has 1 rings (SSSR count). The molecule has 0 N–H and O–H groups in total. The Labute approximate surface area is 200 Å². The van der Waals surface area contributed by atoms with Gasteiger partial charge in [0.1, 0.15) is 0 Å². The van der Waals surface area contributed by atoms with E-state index in [4.69, 9.17) is 4.74 Å². The van der Waals surface area contributed by atoms with Crippen molar-refractivity contribution in [1.29, 1.82) is 0 Å². The van der Waals surface area contributed by atoms with E-state index >= 15 is 0 Å². The van der Waals surface area contributed by atoms with E-state index in [9.17, 15) is 4.79 Å². The van der Waals surface area contributed by atoms with Gasteiger partial charge in [0.25, 0.3) is 0 Å². The maximum absolute atomic E-state index is 10.0. The molecule has 0 bridgehead atoms. The fourth-order valence-corrected chi connectivity index (χ4v) is 3.90. The molecule has 0 aliphatic carbocycles. The largest absolute Gasteiger partial charge is 0.508 e. The SMILES string of the molecule is CCCCCCCCCCCCOCCCCCCCCCCCC.O=C1OCCCO1.